The minimum absolute atomic E-state index is 0.0972. The van der Waals surface area contributed by atoms with Gasteiger partial charge in [-0.05, 0) is 36.2 Å². The van der Waals surface area contributed by atoms with Crippen LogP contribution in [0.15, 0.2) is 4.47 Å². The van der Waals surface area contributed by atoms with E-state index in [0.717, 1.165) is 7.05 Å². The Morgan fingerprint density at radius 2 is 2.10 bits per heavy atom. The first kappa shape index (κ1) is 18.0. The Morgan fingerprint density at radius 3 is 2.57 bits per heavy atom. The van der Waals surface area contributed by atoms with Gasteiger partial charge >= 0.3 is 6.18 Å². The van der Waals surface area contributed by atoms with Crippen LogP contribution in [0.4, 0.5) is 13.2 Å². The highest BCUT2D eigenvalue weighted by Gasteiger charge is 2.39. The van der Waals surface area contributed by atoms with Gasteiger partial charge in [0.05, 0.1) is 10.6 Å². The van der Waals surface area contributed by atoms with Crippen LogP contribution in [0.5, 0.6) is 0 Å². The molecule has 0 atom stereocenters. The van der Waals surface area contributed by atoms with Crippen molar-refractivity contribution in [3.8, 4) is 0 Å². The van der Waals surface area contributed by atoms with E-state index in [-0.39, 0.29) is 16.3 Å². The van der Waals surface area contributed by atoms with E-state index in [4.69, 9.17) is 4.74 Å². The predicted molar refractivity (Wildman–Crippen MR) is 73.9 cm³/mol. The number of nitrogens with one attached hydrogen (secondary N) is 1. The second-order valence-corrected chi connectivity index (χ2v) is 5.45. The molecule has 120 valence electrons. The molecule has 1 amide bonds. The average Bonchev–Trinajstić information content (AvgIpc) is 2.63. The minimum Gasteiger partial charge on any atom is -0.379 e. The third-order valence-electron chi connectivity index (χ3n) is 2.53. The van der Waals surface area contributed by atoms with E-state index in [1.807, 2.05) is 13.8 Å². The Labute approximate surface area is 129 Å². The maximum Gasteiger partial charge on any atom is 0.434 e. The number of ether oxygens (including phenoxy) is 1. The number of hydrogen-bond acceptors (Lipinski definition) is 3. The predicted octanol–water partition coefficient (Wildman–Crippen LogP) is 2.75. The molecule has 0 fully saturated rings. The van der Waals surface area contributed by atoms with Gasteiger partial charge in [-0.25, -0.2) is 0 Å². The summed E-state index contributed by atoms with van der Waals surface area (Å²) in [5.74, 6) is -0.655. The standard InChI is InChI=1S/C12H17BrF3N3O2/c1-7(2)21-6-4-5-17-11(20)9-8(13)10(12(14,15)16)19(3)18-9/h7H,4-6H2,1-3H3,(H,17,20). The van der Waals surface area contributed by atoms with Crippen LogP contribution < -0.4 is 5.32 Å². The Kier molecular flexibility index (Phi) is 6.21. The first-order valence-corrected chi connectivity index (χ1v) is 7.13. The average molecular weight is 372 g/mol. The Bertz CT molecular complexity index is 501. The molecule has 1 aromatic heterocycles. The molecule has 0 saturated heterocycles. The maximum absolute atomic E-state index is 12.8. The van der Waals surface area contributed by atoms with Crippen LogP contribution in [0.25, 0.3) is 0 Å². The van der Waals surface area contributed by atoms with Gasteiger partial charge in [0, 0.05) is 20.2 Å². The molecule has 0 aliphatic carbocycles. The van der Waals surface area contributed by atoms with Gasteiger partial charge in [0.2, 0.25) is 0 Å². The fourth-order valence-corrected chi connectivity index (χ4v) is 2.37. The zero-order chi connectivity index (χ0) is 16.2. The maximum atomic E-state index is 12.8. The van der Waals surface area contributed by atoms with Gasteiger partial charge in [0.25, 0.3) is 5.91 Å². The second kappa shape index (κ2) is 7.26. The van der Waals surface area contributed by atoms with Crippen LogP contribution in [-0.4, -0.2) is 34.9 Å². The third kappa shape index (κ3) is 4.99. The van der Waals surface area contributed by atoms with Crippen LogP contribution in [0.1, 0.15) is 36.5 Å². The van der Waals surface area contributed by atoms with Crippen molar-refractivity contribution in [2.45, 2.75) is 32.5 Å². The molecule has 0 spiro atoms. The van der Waals surface area contributed by atoms with Gasteiger partial charge in [-0.15, -0.1) is 0 Å². The molecule has 0 aliphatic rings. The van der Waals surface area contributed by atoms with Gasteiger partial charge in [-0.1, -0.05) is 0 Å². The number of halogens is 4. The lowest BCUT2D eigenvalue weighted by Gasteiger charge is -2.08. The van der Waals surface area contributed by atoms with Gasteiger partial charge < -0.3 is 10.1 Å². The van der Waals surface area contributed by atoms with Gasteiger partial charge in [-0.2, -0.15) is 18.3 Å². The minimum atomic E-state index is -4.58. The lowest BCUT2D eigenvalue weighted by Crippen LogP contribution is -2.26. The normalized spacial score (nSPS) is 12.0. The lowest BCUT2D eigenvalue weighted by molar-refractivity contribution is -0.144. The fourth-order valence-electron chi connectivity index (χ4n) is 1.63. The highest BCUT2D eigenvalue weighted by Crippen LogP contribution is 2.36. The fraction of sp³-hybridized carbons (Fsp3) is 0.667. The molecule has 0 aromatic carbocycles. The summed E-state index contributed by atoms with van der Waals surface area (Å²) in [6.45, 7) is 4.55. The molecule has 0 saturated carbocycles. The first-order chi connectivity index (χ1) is 9.64. The Morgan fingerprint density at radius 1 is 1.48 bits per heavy atom. The van der Waals surface area contributed by atoms with E-state index in [2.05, 4.69) is 26.3 Å². The monoisotopic (exact) mass is 371 g/mol. The van der Waals surface area contributed by atoms with Crippen molar-refractivity contribution in [3.63, 3.8) is 0 Å². The molecule has 1 aromatic rings. The molecule has 0 radical (unpaired) electrons. The summed E-state index contributed by atoms with van der Waals surface area (Å²) in [6, 6.07) is 0. The number of rotatable bonds is 6. The molecule has 1 rings (SSSR count). The quantitative estimate of drug-likeness (QED) is 0.782. The summed E-state index contributed by atoms with van der Waals surface area (Å²) >= 11 is 2.79. The van der Waals surface area contributed by atoms with Crippen molar-refractivity contribution in [1.29, 1.82) is 0 Å². The number of aryl methyl sites for hydroxylation is 1. The van der Waals surface area contributed by atoms with E-state index >= 15 is 0 Å². The van der Waals surface area contributed by atoms with Crippen molar-refractivity contribution in [2.75, 3.05) is 13.2 Å². The molecule has 1 N–H and O–H groups in total. The summed E-state index contributed by atoms with van der Waals surface area (Å²) < 4.78 is 43.9. The van der Waals surface area contributed by atoms with E-state index in [9.17, 15) is 18.0 Å². The van der Waals surface area contributed by atoms with Gasteiger partial charge in [0.15, 0.2) is 11.4 Å². The largest absolute Gasteiger partial charge is 0.434 e. The number of amides is 1. The molecule has 1 heterocycles. The van der Waals surface area contributed by atoms with Crippen molar-refractivity contribution < 1.29 is 22.7 Å². The third-order valence-corrected chi connectivity index (χ3v) is 3.28. The van der Waals surface area contributed by atoms with Crippen molar-refractivity contribution in [1.82, 2.24) is 15.1 Å². The molecule has 0 bridgehead atoms. The molecule has 0 unspecified atom stereocenters. The molecular weight excluding hydrogens is 355 g/mol. The Hall–Kier alpha value is -1.09. The summed E-state index contributed by atoms with van der Waals surface area (Å²) in [5, 5.41) is 6.12. The molecule has 0 aliphatic heterocycles. The number of carbonyl (C=O) groups is 1. The second-order valence-electron chi connectivity index (χ2n) is 4.66. The van der Waals surface area contributed by atoms with E-state index in [1.165, 1.54) is 0 Å². The van der Waals surface area contributed by atoms with Crippen LogP contribution in [0.3, 0.4) is 0 Å². The number of aromatic nitrogens is 2. The zero-order valence-corrected chi connectivity index (χ0v) is 13.5. The smallest absolute Gasteiger partial charge is 0.379 e. The van der Waals surface area contributed by atoms with Crippen molar-refractivity contribution >= 4 is 21.8 Å². The summed E-state index contributed by atoms with van der Waals surface area (Å²) in [5.41, 5.74) is -1.27. The van der Waals surface area contributed by atoms with Crippen LogP contribution in [-0.2, 0) is 18.0 Å². The van der Waals surface area contributed by atoms with Gasteiger partial charge in [-0.3, -0.25) is 9.48 Å². The SMILES string of the molecule is CC(C)OCCCNC(=O)c1nn(C)c(C(F)(F)F)c1Br. The van der Waals surface area contributed by atoms with Crippen LogP contribution in [0.2, 0.25) is 0 Å². The van der Waals surface area contributed by atoms with Crippen LogP contribution in [0, 0.1) is 0 Å². The molecule has 9 heteroatoms. The Balaban J connectivity index is 2.64. The van der Waals surface area contributed by atoms with Crippen LogP contribution >= 0.6 is 15.9 Å². The number of nitrogens with zero attached hydrogens (tertiary/aromatic N) is 2. The topological polar surface area (TPSA) is 56.1 Å². The first-order valence-electron chi connectivity index (χ1n) is 6.34. The van der Waals surface area contributed by atoms with E-state index in [1.54, 1.807) is 0 Å². The summed E-state index contributed by atoms with van der Waals surface area (Å²) in [6.07, 6.45) is -3.91. The molecule has 5 nitrogen and oxygen atoms in total. The highest BCUT2D eigenvalue weighted by molar-refractivity contribution is 9.10. The summed E-state index contributed by atoms with van der Waals surface area (Å²) in [4.78, 5) is 11.8. The van der Waals surface area contributed by atoms with E-state index in [0.29, 0.717) is 24.3 Å². The van der Waals surface area contributed by atoms with Gasteiger partial charge in [0.1, 0.15) is 0 Å². The van der Waals surface area contributed by atoms with Crippen molar-refractivity contribution in [3.05, 3.63) is 15.9 Å². The zero-order valence-electron chi connectivity index (χ0n) is 11.9. The molecular formula is C12H17BrF3N3O2. The van der Waals surface area contributed by atoms with Crippen molar-refractivity contribution in [2.24, 2.45) is 7.05 Å². The number of hydrogen-bond donors (Lipinski definition) is 1. The number of alkyl halides is 3. The highest BCUT2D eigenvalue weighted by atomic mass is 79.9. The summed E-state index contributed by atoms with van der Waals surface area (Å²) in [7, 11) is 1.14. The molecule has 21 heavy (non-hydrogen) atoms. The number of carbonyl (C=O) groups excluding carboxylic acids is 1. The van der Waals surface area contributed by atoms with E-state index < -0.39 is 17.8 Å². The lowest BCUT2D eigenvalue weighted by atomic mass is 10.3.